The maximum absolute atomic E-state index is 13.0. The van der Waals surface area contributed by atoms with Crippen molar-refractivity contribution >= 4 is 0 Å². The van der Waals surface area contributed by atoms with Crippen LogP contribution in [0.5, 0.6) is 0 Å². The second kappa shape index (κ2) is 4.29. The molecule has 1 aliphatic heterocycles. The van der Waals surface area contributed by atoms with Gasteiger partial charge < -0.3 is 10.5 Å². The molecule has 2 rings (SSSR count). The standard InChI is InChI=1S/C12H16FNO/c1-8-11(5-6-15-8)12(14)9-3-2-4-10(13)7-9/h2-4,7-8,11-12H,5-6,14H2,1H3. The highest BCUT2D eigenvalue weighted by Gasteiger charge is 2.30. The molecule has 0 saturated carbocycles. The zero-order valence-electron chi connectivity index (χ0n) is 8.82. The Hall–Kier alpha value is -0.930. The molecule has 1 aliphatic rings. The van der Waals surface area contributed by atoms with Gasteiger partial charge >= 0.3 is 0 Å². The molecule has 82 valence electrons. The Balaban J connectivity index is 2.16. The third kappa shape index (κ3) is 2.19. The van der Waals surface area contributed by atoms with Crippen LogP contribution >= 0.6 is 0 Å². The highest BCUT2D eigenvalue weighted by Crippen LogP contribution is 2.31. The monoisotopic (exact) mass is 209 g/mol. The van der Waals surface area contributed by atoms with Crippen molar-refractivity contribution in [2.45, 2.75) is 25.5 Å². The molecule has 0 radical (unpaired) electrons. The van der Waals surface area contributed by atoms with E-state index < -0.39 is 0 Å². The highest BCUT2D eigenvalue weighted by atomic mass is 19.1. The molecule has 1 saturated heterocycles. The molecule has 1 aromatic rings. The molecule has 0 aromatic heterocycles. The first-order chi connectivity index (χ1) is 7.18. The van der Waals surface area contributed by atoms with Crippen LogP contribution in [0.1, 0.15) is 24.9 Å². The van der Waals surface area contributed by atoms with Gasteiger partial charge in [0.2, 0.25) is 0 Å². The molecule has 3 heteroatoms. The minimum Gasteiger partial charge on any atom is -0.378 e. The summed E-state index contributed by atoms with van der Waals surface area (Å²) >= 11 is 0. The summed E-state index contributed by atoms with van der Waals surface area (Å²) in [6, 6.07) is 6.39. The Morgan fingerprint density at radius 1 is 1.53 bits per heavy atom. The summed E-state index contributed by atoms with van der Waals surface area (Å²) in [6.45, 7) is 2.78. The van der Waals surface area contributed by atoms with Crippen molar-refractivity contribution in [2.75, 3.05) is 6.61 Å². The van der Waals surface area contributed by atoms with E-state index in [0.717, 1.165) is 18.6 Å². The van der Waals surface area contributed by atoms with E-state index in [-0.39, 0.29) is 18.0 Å². The van der Waals surface area contributed by atoms with Gasteiger partial charge in [-0.25, -0.2) is 4.39 Å². The van der Waals surface area contributed by atoms with E-state index in [4.69, 9.17) is 10.5 Å². The van der Waals surface area contributed by atoms with Gasteiger partial charge in [-0.15, -0.1) is 0 Å². The van der Waals surface area contributed by atoms with Gasteiger partial charge in [0.1, 0.15) is 5.82 Å². The maximum atomic E-state index is 13.0. The van der Waals surface area contributed by atoms with E-state index in [1.807, 2.05) is 13.0 Å². The SMILES string of the molecule is CC1OCCC1C(N)c1cccc(F)c1. The van der Waals surface area contributed by atoms with Crippen LogP contribution in [0.25, 0.3) is 0 Å². The van der Waals surface area contributed by atoms with Gasteiger partial charge in [0.15, 0.2) is 0 Å². The minimum atomic E-state index is -0.227. The fourth-order valence-electron chi connectivity index (χ4n) is 2.18. The van der Waals surface area contributed by atoms with Gasteiger partial charge in [-0.2, -0.15) is 0 Å². The summed E-state index contributed by atoms with van der Waals surface area (Å²) in [5.74, 6) is 0.0707. The highest BCUT2D eigenvalue weighted by molar-refractivity contribution is 5.21. The largest absolute Gasteiger partial charge is 0.378 e. The van der Waals surface area contributed by atoms with Crippen LogP contribution in [0.3, 0.4) is 0 Å². The Labute approximate surface area is 89.2 Å². The fraction of sp³-hybridized carbons (Fsp3) is 0.500. The second-order valence-corrected chi connectivity index (χ2v) is 4.11. The fourth-order valence-corrected chi connectivity index (χ4v) is 2.18. The summed E-state index contributed by atoms with van der Waals surface area (Å²) in [4.78, 5) is 0. The van der Waals surface area contributed by atoms with E-state index in [1.165, 1.54) is 12.1 Å². The molecule has 0 spiro atoms. The van der Waals surface area contributed by atoms with Crippen LogP contribution in [0, 0.1) is 11.7 Å². The van der Waals surface area contributed by atoms with Crippen molar-refractivity contribution in [3.63, 3.8) is 0 Å². The van der Waals surface area contributed by atoms with Crippen molar-refractivity contribution in [1.82, 2.24) is 0 Å². The summed E-state index contributed by atoms with van der Waals surface area (Å²) in [5.41, 5.74) is 6.97. The van der Waals surface area contributed by atoms with Crippen LogP contribution in [0.15, 0.2) is 24.3 Å². The predicted octanol–water partition coefficient (Wildman–Crippen LogP) is 2.25. The lowest BCUT2D eigenvalue weighted by molar-refractivity contribution is 0.0994. The number of hydrogen-bond acceptors (Lipinski definition) is 2. The van der Waals surface area contributed by atoms with Gasteiger partial charge in [0, 0.05) is 18.6 Å². The predicted molar refractivity (Wildman–Crippen MR) is 56.8 cm³/mol. The summed E-state index contributed by atoms with van der Waals surface area (Å²) in [6.07, 6.45) is 1.13. The molecule has 0 aliphatic carbocycles. The Bertz CT molecular complexity index is 342. The van der Waals surface area contributed by atoms with Crippen molar-refractivity contribution in [1.29, 1.82) is 0 Å². The first kappa shape index (κ1) is 10.6. The molecular formula is C12H16FNO. The third-order valence-electron chi connectivity index (χ3n) is 3.13. The molecule has 1 aromatic carbocycles. The Kier molecular flexibility index (Phi) is 3.03. The zero-order valence-corrected chi connectivity index (χ0v) is 8.82. The first-order valence-corrected chi connectivity index (χ1v) is 5.31. The molecule has 0 amide bonds. The van der Waals surface area contributed by atoms with E-state index in [0.29, 0.717) is 5.92 Å². The van der Waals surface area contributed by atoms with Crippen molar-refractivity contribution in [3.05, 3.63) is 35.6 Å². The molecule has 15 heavy (non-hydrogen) atoms. The summed E-state index contributed by atoms with van der Waals surface area (Å²) < 4.78 is 18.5. The molecule has 2 N–H and O–H groups in total. The minimum absolute atomic E-state index is 0.127. The van der Waals surface area contributed by atoms with E-state index in [2.05, 4.69) is 0 Å². The van der Waals surface area contributed by atoms with E-state index in [1.54, 1.807) is 6.07 Å². The summed E-state index contributed by atoms with van der Waals surface area (Å²) in [5, 5.41) is 0. The second-order valence-electron chi connectivity index (χ2n) is 4.11. The molecular weight excluding hydrogens is 193 g/mol. The normalized spacial score (nSPS) is 27.9. The molecule has 1 fully saturated rings. The summed E-state index contributed by atoms with van der Waals surface area (Å²) in [7, 11) is 0. The molecule has 0 bridgehead atoms. The van der Waals surface area contributed by atoms with Gasteiger partial charge in [-0.1, -0.05) is 12.1 Å². The van der Waals surface area contributed by atoms with Crippen LogP contribution in [0.2, 0.25) is 0 Å². The van der Waals surface area contributed by atoms with Gasteiger partial charge in [-0.05, 0) is 31.0 Å². The average molecular weight is 209 g/mol. The molecule has 3 unspecified atom stereocenters. The van der Waals surface area contributed by atoms with Gasteiger partial charge in [-0.3, -0.25) is 0 Å². The molecule has 3 atom stereocenters. The van der Waals surface area contributed by atoms with Crippen molar-refractivity contribution < 1.29 is 9.13 Å². The topological polar surface area (TPSA) is 35.2 Å². The Morgan fingerprint density at radius 2 is 2.33 bits per heavy atom. The first-order valence-electron chi connectivity index (χ1n) is 5.31. The quantitative estimate of drug-likeness (QED) is 0.810. The van der Waals surface area contributed by atoms with E-state index >= 15 is 0 Å². The number of rotatable bonds is 2. The number of nitrogens with two attached hydrogens (primary N) is 1. The lowest BCUT2D eigenvalue weighted by atomic mass is 9.89. The molecule has 1 heterocycles. The van der Waals surface area contributed by atoms with Crippen LogP contribution < -0.4 is 5.73 Å². The van der Waals surface area contributed by atoms with Crippen LogP contribution in [-0.4, -0.2) is 12.7 Å². The zero-order chi connectivity index (χ0) is 10.8. The van der Waals surface area contributed by atoms with Crippen LogP contribution in [-0.2, 0) is 4.74 Å². The smallest absolute Gasteiger partial charge is 0.123 e. The van der Waals surface area contributed by atoms with E-state index in [9.17, 15) is 4.39 Å². The third-order valence-corrected chi connectivity index (χ3v) is 3.13. The van der Waals surface area contributed by atoms with Crippen molar-refractivity contribution in [3.8, 4) is 0 Å². The lowest BCUT2D eigenvalue weighted by Gasteiger charge is -2.22. The van der Waals surface area contributed by atoms with Crippen LogP contribution in [0.4, 0.5) is 4.39 Å². The maximum Gasteiger partial charge on any atom is 0.123 e. The lowest BCUT2D eigenvalue weighted by Crippen LogP contribution is -2.26. The number of ether oxygens (including phenoxy) is 1. The number of halogens is 1. The number of hydrogen-bond donors (Lipinski definition) is 1. The van der Waals surface area contributed by atoms with Gasteiger partial charge in [0.25, 0.3) is 0 Å². The molecule has 2 nitrogen and oxygen atoms in total. The average Bonchev–Trinajstić information content (AvgIpc) is 2.63. The number of benzene rings is 1. The van der Waals surface area contributed by atoms with Gasteiger partial charge in [0.05, 0.1) is 6.10 Å². The Morgan fingerprint density at radius 3 is 2.93 bits per heavy atom. The van der Waals surface area contributed by atoms with Crippen molar-refractivity contribution in [2.24, 2.45) is 11.7 Å².